The lowest BCUT2D eigenvalue weighted by Crippen LogP contribution is -2.35. The van der Waals surface area contributed by atoms with Crippen LogP contribution in [-0.2, 0) is 9.09 Å². The predicted octanol–water partition coefficient (Wildman–Crippen LogP) is 5.90. The van der Waals surface area contributed by atoms with E-state index < -0.39 is 19.0 Å². The van der Waals surface area contributed by atoms with Gasteiger partial charge in [0.05, 0.1) is 6.10 Å². The third-order valence-corrected chi connectivity index (χ3v) is 8.40. The molecule has 0 heterocycles. The number of halogens is 1. The van der Waals surface area contributed by atoms with E-state index in [1.165, 1.54) is 24.3 Å². The van der Waals surface area contributed by atoms with Gasteiger partial charge in [-0.15, -0.1) is 0 Å². The quantitative estimate of drug-likeness (QED) is 0.610. The van der Waals surface area contributed by atoms with Gasteiger partial charge in [0.1, 0.15) is 5.82 Å². The maximum atomic E-state index is 14.2. The van der Waals surface area contributed by atoms with Crippen molar-refractivity contribution in [1.29, 1.82) is 0 Å². The molecule has 5 heteroatoms. The maximum Gasteiger partial charge on any atom is 0.264 e. The standard InChI is InChI=1S/C23H30FO3P/c1-16(2)21-14-9-17(3)15-22(21)27-28(26,20-7-5-4-6-8-20)23(25)18-10-12-19(24)13-11-18/h4-8,10-13,16-17,21-23,25H,9,14-15H2,1-3H3/t17-,21+,22+,23-,28-/m0/s1. The summed E-state index contributed by atoms with van der Waals surface area (Å²) in [6, 6.07) is 14.4. The van der Waals surface area contributed by atoms with Gasteiger partial charge in [-0.2, -0.15) is 0 Å². The van der Waals surface area contributed by atoms with Crippen molar-refractivity contribution < 1.29 is 18.6 Å². The fourth-order valence-electron chi connectivity index (χ4n) is 4.16. The minimum atomic E-state index is -3.64. The highest BCUT2D eigenvalue weighted by Gasteiger charge is 2.42. The van der Waals surface area contributed by atoms with Crippen LogP contribution in [0, 0.1) is 23.6 Å². The first-order chi connectivity index (χ1) is 13.3. The van der Waals surface area contributed by atoms with E-state index in [1.807, 2.05) is 6.07 Å². The Balaban J connectivity index is 1.99. The van der Waals surface area contributed by atoms with E-state index in [0.29, 0.717) is 28.6 Å². The van der Waals surface area contributed by atoms with Crippen molar-refractivity contribution in [2.45, 2.75) is 52.0 Å². The SMILES string of the molecule is CC(C)[C@H]1CC[C@H](C)C[C@H]1O[P@@](=O)(c1ccccc1)[C@H](O)c1ccc(F)cc1. The van der Waals surface area contributed by atoms with E-state index in [1.54, 1.807) is 24.3 Å². The number of rotatable bonds is 6. The molecule has 1 fully saturated rings. The fraction of sp³-hybridized carbons (Fsp3) is 0.478. The number of hydrogen-bond donors (Lipinski definition) is 1. The van der Waals surface area contributed by atoms with Crippen LogP contribution < -0.4 is 5.30 Å². The summed E-state index contributed by atoms with van der Waals surface area (Å²) in [5.74, 6) is -0.529. The molecule has 0 spiro atoms. The van der Waals surface area contributed by atoms with Gasteiger partial charge in [-0.05, 0) is 60.4 Å². The summed E-state index contributed by atoms with van der Waals surface area (Å²) in [6.45, 7) is 6.53. The highest BCUT2D eigenvalue weighted by Crippen LogP contribution is 2.60. The molecule has 2 aromatic rings. The summed E-state index contributed by atoms with van der Waals surface area (Å²) in [6.07, 6.45) is 2.82. The van der Waals surface area contributed by atoms with Gasteiger partial charge in [0, 0.05) is 5.30 Å². The molecular formula is C23H30FO3P. The molecule has 0 saturated heterocycles. The van der Waals surface area contributed by atoms with Crippen molar-refractivity contribution in [3.63, 3.8) is 0 Å². The van der Waals surface area contributed by atoms with Crippen molar-refractivity contribution in [2.75, 3.05) is 0 Å². The molecule has 0 amide bonds. The average Bonchev–Trinajstić information content (AvgIpc) is 2.68. The topological polar surface area (TPSA) is 46.5 Å². The molecule has 1 N–H and O–H groups in total. The molecule has 28 heavy (non-hydrogen) atoms. The first-order valence-electron chi connectivity index (χ1n) is 10.1. The molecule has 3 rings (SSSR count). The zero-order chi connectivity index (χ0) is 20.3. The number of hydrogen-bond acceptors (Lipinski definition) is 3. The number of aliphatic hydroxyl groups is 1. The summed E-state index contributed by atoms with van der Waals surface area (Å²) in [7, 11) is -3.64. The van der Waals surface area contributed by atoms with Crippen LogP contribution in [0.15, 0.2) is 54.6 Å². The second kappa shape index (κ2) is 8.90. The van der Waals surface area contributed by atoms with Crippen molar-refractivity contribution in [2.24, 2.45) is 17.8 Å². The molecule has 152 valence electrons. The van der Waals surface area contributed by atoms with Crippen molar-refractivity contribution in [3.05, 3.63) is 66.0 Å². The highest BCUT2D eigenvalue weighted by molar-refractivity contribution is 7.67. The predicted molar refractivity (Wildman–Crippen MR) is 111 cm³/mol. The van der Waals surface area contributed by atoms with Gasteiger partial charge in [0.25, 0.3) is 7.37 Å². The first kappa shape index (κ1) is 21.2. The lowest BCUT2D eigenvalue weighted by atomic mass is 9.75. The van der Waals surface area contributed by atoms with Gasteiger partial charge in [0.15, 0.2) is 5.85 Å². The Kier molecular flexibility index (Phi) is 6.75. The molecule has 0 radical (unpaired) electrons. The molecule has 2 aromatic carbocycles. The van der Waals surface area contributed by atoms with Gasteiger partial charge >= 0.3 is 0 Å². The van der Waals surface area contributed by atoms with Crippen LogP contribution in [0.25, 0.3) is 0 Å². The smallest absolute Gasteiger partial charge is 0.264 e. The van der Waals surface area contributed by atoms with Crippen LogP contribution in [0.4, 0.5) is 4.39 Å². The van der Waals surface area contributed by atoms with E-state index in [2.05, 4.69) is 20.8 Å². The number of benzene rings is 2. The Labute approximate surface area is 167 Å². The zero-order valence-electron chi connectivity index (χ0n) is 16.8. The van der Waals surface area contributed by atoms with Crippen LogP contribution in [0.3, 0.4) is 0 Å². The van der Waals surface area contributed by atoms with Crippen molar-refractivity contribution >= 4 is 12.7 Å². The Hall–Kier alpha value is -1.48. The Morgan fingerprint density at radius 3 is 2.32 bits per heavy atom. The Morgan fingerprint density at radius 2 is 1.71 bits per heavy atom. The summed E-state index contributed by atoms with van der Waals surface area (Å²) < 4.78 is 33.9. The fourth-order valence-corrected chi connectivity index (χ4v) is 6.48. The highest BCUT2D eigenvalue weighted by atomic mass is 31.2. The maximum absolute atomic E-state index is 14.2. The molecule has 1 saturated carbocycles. The monoisotopic (exact) mass is 404 g/mol. The van der Waals surface area contributed by atoms with Crippen molar-refractivity contribution in [3.8, 4) is 0 Å². The van der Waals surface area contributed by atoms with E-state index in [-0.39, 0.29) is 6.10 Å². The molecular weight excluding hydrogens is 374 g/mol. The minimum Gasteiger partial charge on any atom is -0.378 e. The van der Waals surface area contributed by atoms with Gasteiger partial charge in [-0.3, -0.25) is 4.57 Å². The third-order valence-electron chi connectivity index (χ3n) is 5.86. The summed E-state index contributed by atoms with van der Waals surface area (Å²) >= 11 is 0. The second-order valence-electron chi connectivity index (χ2n) is 8.33. The Morgan fingerprint density at radius 1 is 1.07 bits per heavy atom. The van der Waals surface area contributed by atoms with Crippen LogP contribution in [-0.4, -0.2) is 11.2 Å². The molecule has 0 unspecified atom stereocenters. The molecule has 0 aliphatic heterocycles. The first-order valence-corrected chi connectivity index (χ1v) is 11.8. The minimum absolute atomic E-state index is 0.176. The largest absolute Gasteiger partial charge is 0.378 e. The molecule has 3 nitrogen and oxygen atoms in total. The van der Waals surface area contributed by atoms with Crippen LogP contribution in [0.2, 0.25) is 0 Å². The molecule has 0 aromatic heterocycles. The average molecular weight is 404 g/mol. The zero-order valence-corrected chi connectivity index (χ0v) is 17.7. The normalized spacial score (nSPS) is 26.0. The lowest BCUT2D eigenvalue weighted by Gasteiger charge is -2.39. The van der Waals surface area contributed by atoms with Gasteiger partial charge < -0.3 is 9.63 Å². The molecule has 0 bridgehead atoms. The second-order valence-corrected chi connectivity index (χ2v) is 10.7. The Bertz CT molecular complexity index is 806. The van der Waals surface area contributed by atoms with E-state index in [9.17, 15) is 14.1 Å². The van der Waals surface area contributed by atoms with Crippen molar-refractivity contribution in [1.82, 2.24) is 0 Å². The summed E-state index contributed by atoms with van der Waals surface area (Å²) in [5.41, 5.74) is 0.401. The molecule has 5 atom stereocenters. The summed E-state index contributed by atoms with van der Waals surface area (Å²) in [5, 5.41) is 11.6. The molecule has 1 aliphatic rings. The van der Waals surface area contributed by atoms with Gasteiger partial charge in [-0.1, -0.05) is 57.5 Å². The summed E-state index contributed by atoms with van der Waals surface area (Å²) in [4.78, 5) is 0. The van der Waals surface area contributed by atoms with Crippen LogP contribution in [0.1, 0.15) is 51.4 Å². The van der Waals surface area contributed by atoms with Gasteiger partial charge in [0.2, 0.25) is 0 Å². The van der Waals surface area contributed by atoms with E-state index >= 15 is 0 Å². The van der Waals surface area contributed by atoms with E-state index in [4.69, 9.17) is 4.52 Å². The van der Waals surface area contributed by atoms with Crippen LogP contribution in [0.5, 0.6) is 0 Å². The van der Waals surface area contributed by atoms with E-state index in [0.717, 1.165) is 19.3 Å². The van der Waals surface area contributed by atoms with Crippen LogP contribution >= 0.6 is 7.37 Å². The van der Waals surface area contributed by atoms with Gasteiger partial charge in [-0.25, -0.2) is 4.39 Å². The number of aliphatic hydroxyl groups excluding tert-OH is 1. The third kappa shape index (κ3) is 4.56. The lowest BCUT2D eigenvalue weighted by molar-refractivity contribution is 0.0427. The molecule has 1 aliphatic carbocycles.